The minimum Gasteiger partial charge on any atom is -0.357 e. The Bertz CT molecular complexity index is 721. The van der Waals surface area contributed by atoms with Crippen LogP contribution in [0, 0.1) is 11.3 Å². The van der Waals surface area contributed by atoms with Gasteiger partial charge in [0.15, 0.2) is 5.13 Å². The molecule has 18 heavy (non-hydrogen) atoms. The van der Waals surface area contributed by atoms with Crippen LogP contribution in [0.1, 0.15) is 10.4 Å². The van der Waals surface area contributed by atoms with Crippen molar-refractivity contribution in [1.82, 2.24) is 15.0 Å². The maximum Gasteiger partial charge on any atom is 0.184 e. The molecule has 0 spiro atoms. The Balaban J connectivity index is 1.74. The second-order valence-corrected chi connectivity index (χ2v) is 4.78. The summed E-state index contributed by atoms with van der Waals surface area (Å²) >= 11 is 1.35. The van der Waals surface area contributed by atoms with E-state index in [9.17, 15) is 0 Å². The summed E-state index contributed by atoms with van der Waals surface area (Å²) in [7, 11) is 0. The molecule has 0 amide bonds. The molecule has 2 aromatic heterocycles. The van der Waals surface area contributed by atoms with Gasteiger partial charge in [0.2, 0.25) is 0 Å². The van der Waals surface area contributed by atoms with Crippen LogP contribution >= 0.6 is 11.3 Å². The monoisotopic (exact) mass is 255 g/mol. The Labute approximate surface area is 107 Å². The number of thiazole rings is 1. The molecule has 6 heteroatoms. The van der Waals surface area contributed by atoms with Crippen LogP contribution < -0.4 is 5.32 Å². The van der Waals surface area contributed by atoms with Crippen molar-refractivity contribution < 1.29 is 0 Å². The van der Waals surface area contributed by atoms with Crippen molar-refractivity contribution in [3.63, 3.8) is 0 Å². The molecule has 2 N–H and O–H groups in total. The summed E-state index contributed by atoms with van der Waals surface area (Å²) in [6, 6.07) is 8.12. The van der Waals surface area contributed by atoms with E-state index >= 15 is 0 Å². The Morgan fingerprint density at radius 1 is 1.39 bits per heavy atom. The molecule has 0 saturated carbocycles. The Morgan fingerprint density at radius 3 is 3.17 bits per heavy atom. The number of hydrogen-bond acceptors (Lipinski definition) is 5. The van der Waals surface area contributed by atoms with Crippen LogP contribution in [0.5, 0.6) is 0 Å². The lowest BCUT2D eigenvalue weighted by Crippen LogP contribution is -1.98. The molecular formula is C12H9N5S. The number of nitrogens with zero attached hydrogens (tertiary/aromatic N) is 3. The highest BCUT2D eigenvalue weighted by atomic mass is 32.1. The molecule has 0 bridgehead atoms. The maximum absolute atomic E-state index is 8.71. The average molecular weight is 255 g/mol. The van der Waals surface area contributed by atoms with Gasteiger partial charge in [-0.3, -0.25) is 0 Å². The van der Waals surface area contributed by atoms with E-state index in [1.807, 2.05) is 18.2 Å². The summed E-state index contributed by atoms with van der Waals surface area (Å²) < 4.78 is 0. The van der Waals surface area contributed by atoms with Crippen LogP contribution in [-0.2, 0) is 6.54 Å². The van der Waals surface area contributed by atoms with Crippen LogP contribution in [0.4, 0.5) is 5.13 Å². The Morgan fingerprint density at radius 2 is 2.33 bits per heavy atom. The standard InChI is InChI=1S/C12H9N5S/c13-4-9-6-15-12(18-9)14-5-8-1-2-10-11(3-8)17-7-16-10/h1-3,6-7H,5H2,(H,14,15)(H,16,17). The number of aromatic nitrogens is 3. The van der Waals surface area contributed by atoms with Crippen molar-refractivity contribution in [3.8, 4) is 6.07 Å². The van der Waals surface area contributed by atoms with Crippen molar-refractivity contribution in [3.05, 3.63) is 41.2 Å². The van der Waals surface area contributed by atoms with E-state index in [4.69, 9.17) is 5.26 Å². The van der Waals surface area contributed by atoms with Crippen molar-refractivity contribution in [1.29, 1.82) is 5.26 Å². The maximum atomic E-state index is 8.71. The molecule has 0 radical (unpaired) electrons. The molecule has 1 aromatic carbocycles. The van der Waals surface area contributed by atoms with Gasteiger partial charge < -0.3 is 10.3 Å². The van der Waals surface area contributed by atoms with Gasteiger partial charge in [0, 0.05) is 6.54 Å². The first kappa shape index (κ1) is 10.7. The fraction of sp³-hybridized carbons (Fsp3) is 0.0833. The van der Waals surface area contributed by atoms with E-state index < -0.39 is 0 Å². The third kappa shape index (κ3) is 2.04. The summed E-state index contributed by atoms with van der Waals surface area (Å²) in [6.45, 7) is 0.674. The number of fused-ring (bicyclic) bond motifs is 1. The topological polar surface area (TPSA) is 77.4 Å². The van der Waals surface area contributed by atoms with Crippen LogP contribution in [0.2, 0.25) is 0 Å². The third-order valence-corrected chi connectivity index (χ3v) is 3.40. The quantitative estimate of drug-likeness (QED) is 0.753. The largest absolute Gasteiger partial charge is 0.357 e. The van der Waals surface area contributed by atoms with Gasteiger partial charge in [-0.1, -0.05) is 17.4 Å². The minimum atomic E-state index is 0.613. The van der Waals surface area contributed by atoms with Crippen LogP contribution in [0.25, 0.3) is 11.0 Å². The number of hydrogen-bond donors (Lipinski definition) is 2. The van der Waals surface area contributed by atoms with E-state index in [2.05, 4.69) is 26.3 Å². The van der Waals surface area contributed by atoms with E-state index in [-0.39, 0.29) is 0 Å². The van der Waals surface area contributed by atoms with Gasteiger partial charge >= 0.3 is 0 Å². The lowest BCUT2D eigenvalue weighted by Gasteiger charge is -2.02. The first-order chi connectivity index (χ1) is 8.85. The molecule has 5 nitrogen and oxygen atoms in total. The molecule has 3 rings (SSSR count). The van der Waals surface area contributed by atoms with Gasteiger partial charge in [-0.2, -0.15) is 5.26 Å². The lowest BCUT2D eigenvalue weighted by molar-refractivity contribution is 1.14. The summed E-state index contributed by atoms with van der Waals surface area (Å²) in [5, 5.41) is 12.7. The van der Waals surface area contributed by atoms with E-state index in [1.165, 1.54) is 11.3 Å². The van der Waals surface area contributed by atoms with Gasteiger partial charge in [-0.05, 0) is 17.7 Å². The number of nitriles is 1. The number of H-pyrrole nitrogens is 1. The molecule has 0 aliphatic heterocycles. The first-order valence-corrected chi connectivity index (χ1v) is 6.18. The van der Waals surface area contributed by atoms with Gasteiger partial charge in [0.1, 0.15) is 10.9 Å². The summed E-state index contributed by atoms with van der Waals surface area (Å²) in [5.74, 6) is 0. The van der Waals surface area contributed by atoms with E-state index in [1.54, 1.807) is 12.5 Å². The number of anilines is 1. The summed E-state index contributed by atoms with van der Waals surface area (Å²) in [5.41, 5.74) is 3.12. The molecule has 0 unspecified atom stereocenters. The van der Waals surface area contributed by atoms with Gasteiger partial charge in [-0.15, -0.1) is 0 Å². The molecule has 0 fully saturated rings. The van der Waals surface area contributed by atoms with Crippen LogP contribution in [0.15, 0.2) is 30.7 Å². The third-order valence-electron chi connectivity index (χ3n) is 2.54. The molecule has 0 saturated heterocycles. The van der Waals surface area contributed by atoms with Gasteiger partial charge in [0.05, 0.1) is 23.6 Å². The van der Waals surface area contributed by atoms with Crippen LogP contribution in [0.3, 0.4) is 0 Å². The second-order valence-electron chi connectivity index (χ2n) is 3.75. The highest BCUT2D eigenvalue weighted by Gasteiger charge is 2.02. The molecule has 3 aromatic rings. The van der Waals surface area contributed by atoms with Crippen molar-refractivity contribution >= 4 is 27.5 Å². The normalized spacial score (nSPS) is 10.4. The first-order valence-electron chi connectivity index (χ1n) is 5.37. The predicted molar refractivity (Wildman–Crippen MR) is 70.2 cm³/mol. The highest BCUT2D eigenvalue weighted by Crippen LogP contribution is 2.18. The molecule has 0 atom stereocenters. The molecule has 0 aliphatic carbocycles. The van der Waals surface area contributed by atoms with Crippen molar-refractivity contribution in [2.45, 2.75) is 6.54 Å². The smallest absolute Gasteiger partial charge is 0.184 e. The summed E-state index contributed by atoms with van der Waals surface area (Å²) in [4.78, 5) is 12.0. The molecular weight excluding hydrogens is 246 g/mol. The van der Waals surface area contributed by atoms with E-state index in [0.717, 1.165) is 21.7 Å². The fourth-order valence-corrected chi connectivity index (χ4v) is 2.29. The average Bonchev–Trinajstić information content (AvgIpc) is 3.04. The lowest BCUT2D eigenvalue weighted by atomic mass is 10.2. The Hall–Kier alpha value is -2.39. The zero-order valence-corrected chi connectivity index (χ0v) is 10.2. The number of imidazole rings is 1. The van der Waals surface area contributed by atoms with Gasteiger partial charge in [0.25, 0.3) is 0 Å². The van der Waals surface area contributed by atoms with E-state index in [0.29, 0.717) is 11.4 Å². The fourth-order valence-electron chi connectivity index (χ4n) is 1.68. The molecule has 88 valence electrons. The number of benzene rings is 1. The second kappa shape index (κ2) is 4.47. The highest BCUT2D eigenvalue weighted by molar-refractivity contribution is 7.16. The Kier molecular flexibility index (Phi) is 2.67. The van der Waals surface area contributed by atoms with Crippen molar-refractivity contribution in [2.24, 2.45) is 0 Å². The number of rotatable bonds is 3. The predicted octanol–water partition coefficient (Wildman–Crippen LogP) is 2.50. The number of nitrogens with one attached hydrogen (secondary N) is 2. The minimum absolute atomic E-state index is 0.613. The van der Waals surface area contributed by atoms with Crippen molar-refractivity contribution in [2.75, 3.05) is 5.32 Å². The number of aromatic amines is 1. The SMILES string of the molecule is N#Cc1cnc(NCc2ccc3nc[nH]c3c2)s1. The van der Waals surface area contributed by atoms with Crippen LogP contribution in [-0.4, -0.2) is 15.0 Å². The van der Waals surface area contributed by atoms with Gasteiger partial charge in [-0.25, -0.2) is 9.97 Å². The summed E-state index contributed by atoms with van der Waals surface area (Å²) in [6.07, 6.45) is 3.26. The zero-order valence-electron chi connectivity index (χ0n) is 9.34. The zero-order chi connectivity index (χ0) is 12.4. The molecule has 0 aliphatic rings. The molecule has 2 heterocycles.